The van der Waals surface area contributed by atoms with Crippen LogP contribution in [-0.2, 0) is 12.3 Å². The van der Waals surface area contributed by atoms with Gasteiger partial charge in [-0.15, -0.1) is 11.8 Å². The summed E-state index contributed by atoms with van der Waals surface area (Å²) in [4.78, 5) is 23.5. The van der Waals surface area contributed by atoms with Crippen LogP contribution in [0.2, 0.25) is 0 Å². The second-order valence-electron chi connectivity index (χ2n) is 7.58. The first-order valence-electron chi connectivity index (χ1n) is 10.1. The van der Waals surface area contributed by atoms with Gasteiger partial charge in [-0.3, -0.25) is 9.36 Å². The van der Waals surface area contributed by atoms with Crippen LogP contribution in [0.15, 0.2) is 67.9 Å². The zero-order chi connectivity index (χ0) is 21.8. The van der Waals surface area contributed by atoms with E-state index in [-0.39, 0.29) is 5.56 Å². The number of hydrogen-bond acceptors (Lipinski definition) is 7. The maximum Gasteiger partial charge on any atom is 0.262 e. The number of nitrogens with zero attached hydrogens (tertiary/aromatic N) is 4. The topological polar surface area (TPSA) is 73.8 Å². The van der Waals surface area contributed by atoms with Crippen molar-refractivity contribution in [1.82, 2.24) is 19.7 Å². The second-order valence-corrected chi connectivity index (χ2v) is 9.40. The summed E-state index contributed by atoms with van der Waals surface area (Å²) in [5, 5.41) is 5.43. The summed E-state index contributed by atoms with van der Waals surface area (Å²) in [6, 6.07) is 15.5. The lowest BCUT2D eigenvalue weighted by Gasteiger charge is -2.13. The van der Waals surface area contributed by atoms with Crippen molar-refractivity contribution in [3.8, 4) is 11.4 Å². The number of rotatable bonds is 8. The molecule has 0 amide bonds. The summed E-state index contributed by atoms with van der Waals surface area (Å²) in [7, 11) is 0. The van der Waals surface area contributed by atoms with Crippen molar-refractivity contribution in [3.05, 3.63) is 64.8 Å². The Kier molecular flexibility index (Phi) is 6.77. The first kappa shape index (κ1) is 21.6. The molecule has 0 radical (unpaired) electrons. The molecule has 8 heteroatoms. The molecule has 0 saturated carbocycles. The molecule has 0 aliphatic rings. The van der Waals surface area contributed by atoms with E-state index in [4.69, 9.17) is 9.51 Å². The third kappa shape index (κ3) is 5.02. The molecule has 4 rings (SSSR count). The zero-order valence-corrected chi connectivity index (χ0v) is 19.4. The fourth-order valence-electron chi connectivity index (χ4n) is 3.14. The summed E-state index contributed by atoms with van der Waals surface area (Å²) in [5.74, 6) is 2.01. The molecule has 160 valence electrons. The number of thioether (sulfide) groups is 2. The fraction of sp³-hybridized carbons (Fsp3) is 0.304. The van der Waals surface area contributed by atoms with Gasteiger partial charge in [0.2, 0.25) is 11.7 Å². The van der Waals surface area contributed by atoms with Crippen LogP contribution in [0.4, 0.5) is 0 Å². The van der Waals surface area contributed by atoms with Crippen LogP contribution in [0.5, 0.6) is 0 Å². The highest BCUT2D eigenvalue weighted by Crippen LogP contribution is 2.25. The van der Waals surface area contributed by atoms with Crippen LogP contribution < -0.4 is 5.56 Å². The Morgan fingerprint density at radius 3 is 2.58 bits per heavy atom. The lowest BCUT2D eigenvalue weighted by molar-refractivity contribution is 0.391. The van der Waals surface area contributed by atoms with E-state index in [0.717, 1.165) is 12.0 Å². The number of para-hydroxylation sites is 1. The van der Waals surface area contributed by atoms with Crippen molar-refractivity contribution in [2.24, 2.45) is 5.92 Å². The maximum absolute atomic E-state index is 13.1. The Bertz CT molecular complexity index is 1230. The summed E-state index contributed by atoms with van der Waals surface area (Å²) in [6.07, 6.45) is 2.95. The molecule has 0 aliphatic heterocycles. The highest BCUT2D eigenvalue weighted by atomic mass is 32.2. The minimum absolute atomic E-state index is 0.00569. The molecule has 0 saturated heterocycles. The summed E-state index contributed by atoms with van der Waals surface area (Å²) in [6.45, 7) is 4.93. The van der Waals surface area contributed by atoms with E-state index in [0.29, 0.717) is 46.0 Å². The van der Waals surface area contributed by atoms with Gasteiger partial charge >= 0.3 is 0 Å². The number of benzene rings is 2. The molecule has 6 nitrogen and oxygen atoms in total. The predicted octanol–water partition coefficient (Wildman–Crippen LogP) is 5.51. The molecule has 0 bridgehead atoms. The smallest absolute Gasteiger partial charge is 0.262 e. The SMILES string of the molecule is CSc1ccc(-c2noc(CSc3nc4ccccc4c(=O)n3CCC(C)C)n2)cc1. The Morgan fingerprint density at radius 2 is 1.84 bits per heavy atom. The monoisotopic (exact) mass is 452 g/mol. The Balaban J connectivity index is 1.57. The molecule has 2 heterocycles. The van der Waals surface area contributed by atoms with Crippen LogP contribution in [0.1, 0.15) is 26.2 Å². The highest BCUT2D eigenvalue weighted by Gasteiger charge is 2.15. The molecule has 31 heavy (non-hydrogen) atoms. The minimum Gasteiger partial charge on any atom is -0.338 e. The van der Waals surface area contributed by atoms with Crippen molar-refractivity contribution in [2.45, 2.75) is 42.6 Å². The van der Waals surface area contributed by atoms with Gasteiger partial charge in [0.05, 0.1) is 16.7 Å². The van der Waals surface area contributed by atoms with Crippen LogP contribution in [0, 0.1) is 5.92 Å². The Morgan fingerprint density at radius 1 is 1.06 bits per heavy atom. The molecular weight excluding hydrogens is 428 g/mol. The van der Waals surface area contributed by atoms with Crippen molar-refractivity contribution in [1.29, 1.82) is 0 Å². The van der Waals surface area contributed by atoms with Crippen LogP contribution in [-0.4, -0.2) is 25.9 Å². The van der Waals surface area contributed by atoms with E-state index in [1.807, 2.05) is 54.8 Å². The van der Waals surface area contributed by atoms with Crippen LogP contribution >= 0.6 is 23.5 Å². The van der Waals surface area contributed by atoms with Crippen molar-refractivity contribution >= 4 is 34.4 Å². The van der Waals surface area contributed by atoms with Gasteiger partial charge < -0.3 is 4.52 Å². The molecular formula is C23H24N4O2S2. The van der Waals surface area contributed by atoms with Crippen molar-refractivity contribution in [3.63, 3.8) is 0 Å². The number of fused-ring (bicyclic) bond motifs is 1. The van der Waals surface area contributed by atoms with E-state index in [1.165, 1.54) is 16.7 Å². The van der Waals surface area contributed by atoms with E-state index >= 15 is 0 Å². The van der Waals surface area contributed by atoms with Crippen LogP contribution in [0.3, 0.4) is 0 Å². The van der Waals surface area contributed by atoms with Gasteiger partial charge in [-0.1, -0.05) is 42.9 Å². The highest BCUT2D eigenvalue weighted by molar-refractivity contribution is 7.98. The molecule has 2 aromatic heterocycles. The standard InChI is InChI=1S/C23H24N4O2S2/c1-15(2)12-13-27-22(28)18-6-4-5-7-19(18)24-23(27)31-14-20-25-21(26-29-20)16-8-10-17(30-3)11-9-16/h4-11,15H,12-14H2,1-3H3. The quantitative estimate of drug-likeness (QED) is 0.258. The molecule has 2 aromatic carbocycles. The van der Waals surface area contributed by atoms with Gasteiger partial charge in [0.1, 0.15) is 0 Å². The van der Waals surface area contributed by atoms with Crippen molar-refractivity contribution in [2.75, 3.05) is 6.26 Å². The van der Waals surface area contributed by atoms with Gasteiger partial charge in [-0.05, 0) is 55.0 Å². The van der Waals surface area contributed by atoms with E-state index in [2.05, 4.69) is 24.0 Å². The van der Waals surface area contributed by atoms with E-state index in [9.17, 15) is 4.79 Å². The summed E-state index contributed by atoms with van der Waals surface area (Å²) < 4.78 is 7.22. The summed E-state index contributed by atoms with van der Waals surface area (Å²) >= 11 is 3.14. The normalized spacial score (nSPS) is 11.5. The molecule has 0 aliphatic carbocycles. The van der Waals surface area contributed by atoms with E-state index in [1.54, 1.807) is 16.3 Å². The molecule has 0 N–H and O–H groups in total. The third-order valence-electron chi connectivity index (χ3n) is 4.90. The molecule has 0 atom stereocenters. The first-order chi connectivity index (χ1) is 15.0. The zero-order valence-electron chi connectivity index (χ0n) is 17.7. The fourth-order valence-corrected chi connectivity index (χ4v) is 4.41. The van der Waals surface area contributed by atoms with Gasteiger partial charge in [-0.25, -0.2) is 4.98 Å². The predicted molar refractivity (Wildman–Crippen MR) is 127 cm³/mol. The third-order valence-corrected chi connectivity index (χ3v) is 6.60. The molecule has 0 fully saturated rings. The number of hydrogen-bond donors (Lipinski definition) is 0. The second kappa shape index (κ2) is 9.70. The first-order valence-corrected chi connectivity index (χ1v) is 12.4. The minimum atomic E-state index is -0.00569. The molecule has 0 spiro atoms. The van der Waals surface area contributed by atoms with E-state index < -0.39 is 0 Å². The Labute approximate surface area is 189 Å². The maximum atomic E-state index is 13.1. The lowest BCUT2D eigenvalue weighted by atomic mass is 10.1. The largest absolute Gasteiger partial charge is 0.338 e. The van der Waals surface area contributed by atoms with Crippen LogP contribution in [0.25, 0.3) is 22.3 Å². The van der Waals surface area contributed by atoms with Gasteiger partial charge in [0.25, 0.3) is 5.56 Å². The lowest BCUT2D eigenvalue weighted by Crippen LogP contribution is -2.24. The molecule has 0 unspecified atom stereocenters. The Hall–Kier alpha value is -2.58. The average Bonchev–Trinajstić information content (AvgIpc) is 3.26. The molecule has 4 aromatic rings. The average molecular weight is 453 g/mol. The summed E-state index contributed by atoms with van der Waals surface area (Å²) in [5.41, 5.74) is 1.61. The van der Waals surface area contributed by atoms with Crippen molar-refractivity contribution < 1.29 is 4.52 Å². The van der Waals surface area contributed by atoms with Gasteiger partial charge in [0.15, 0.2) is 5.16 Å². The number of aromatic nitrogens is 4. The van der Waals surface area contributed by atoms with Gasteiger partial charge in [-0.2, -0.15) is 4.98 Å². The van der Waals surface area contributed by atoms with Gasteiger partial charge in [0, 0.05) is 17.0 Å².